The first kappa shape index (κ1) is 20.8. The van der Waals surface area contributed by atoms with Crippen molar-refractivity contribution in [1.29, 1.82) is 0 Å². The van der Waals surface area contributed by atoms with E-state index in [2.05, 4.69) is 72.3 Å². The van der Waals surface area contributed by atoms with Crippen molar-refractivity contribution in [3.8, 4) is 11.1 Å². The molecule has 4 aromatic rings. The molecule has 3 aromatic carbocycles. The lowest BCUT2D eigenvalue weighted by Gasteiger charge is -2.03. The highest BCUT2D eigenvalue weighted by Crippen LogP contribution is 2.40. The Morgan fingerprint density at radius 3 is 1.96 bits per heavy atom. The number of fused-ring (bicyclic) bond motifs is 6. The minimum absolute atomic E-state index is 1.06. The van der Waals surface area contributed by atoms with Crippen LogP contribution in [0.1, 0.15) is 52.7 Å². The van der Waals surface area contributed by atoms with E-state index in [1.165, 1.54) is 44.1 Å². The van der Waals surface area contributed by atoms with Crippen LogP contribution in [0.25, 0.3) is 32.9 Å². The largest absolute Gasteiger partial charge is 0.344 e. The molecule has 1 nitrogen and oxygen atoms in total. The van der Waals surface area contributed by atoms with Crippen LogP contribution in [0.2, 0.25) is 0 Å². The molecule has 27 heavy (non-hydrogen) atoms. The summed E-state index contributed by atoms with van der Waals surface area (Å²) >= 11 is 0. The Bertz CT molecular complexity index is 1020. The highest BCUT2D eigenvalue weighted by Gasteiger charge is 2.20. The maximum atomic E-state index is 2.39. The van der Waals surface area contributed by atoms with Gasteiger partial charge in [-0.05, 0) is 46.9 Å². The van der Waals surface area contributed by atoms with Gasteiger partial charge in [0.05, 0.1) is 0 Å². The summed E-state index contributed by atoms with van der Waals surface area (Å²) in [4.78, 5) is 0. The van der Waals surface area contributed by atoms with Crippen LogP contribution in [-0.2, 0) is 13.5 Å². The second-order valence-corrected chi connectivity index (χ2v) is 5.94. The summed E-state index contributed by atoms with van der Waals surface area (Å²) in [6.07, 6.45) is 1.06. The van der Waals surface area contributed by atoms with Crippen molar-refractivity contribution in [1.82, 2.24) is 4.57 Å². The van der Waals surface area contributed by atoms with Gasteiger partial charge in [0, 0.05) is 28.9 Å². The lowest BCUT2D eigenvalue weighted by Crippen LogP contribution is -1.88. The second-order valence-electron chi connectivity index (χ2n) is 5.94. The van der Waals surface area contributed by atoms with Crippen LogP contribution in [-0.4, -0.2) is 4.57 Å². The van der Waals surface area contributed by atoms with Gasteiger partial charge in [-0.2, -0.15) is 0 Å². The van der Waals surface area contributed by atoms with Crippen molar-refractivity contribution in [2.45, 2.75) is 48.0 Å². The molecule has 1 aromatic heterocycles. The second kappa shape index (κ2) is 9.41. The van der Waals surface area contributed by atoms with Crippen LogP contribution in [0.3, 0.4) is 0 Å². The van der Waals surface area contributed by atoms with Gasteiger partial charge in [-0.1, -0.05) is 84.0 Å². The summed E-state index contributed by atoms with van der Waals surface area (Å²) in [5.74, 6) is 0. The standard InChI is InChI=1S/C20H15N.3C2H6/c1-21-19-9-5-4-8-16(19)18-12-17-14(11-20(18)21)10-13-6-2-3-7-15(13)17;3*1-2/h2-9,11-12H,10H2,1H3;3*1-2H3. The van der Waals surface area contributed by atoms with Crippen molar-refractivity contribution < 1.29 is 0 Å². The average molecular weight is 360 g/mol. The van der Waals surface area contributed by atoms with E-state index in [1.807, 2.05) is 41.5 Å². The maximum Gasteiger partial charge on any atom is 0.0492 e. The molecule has 0 spiro atoms. The molecule has 0 amide bonds. The van der Waals surface area contributed by atoms with Gasteiger partial charge in [-0.3, -0.25) is 0 Å². The van der Waals surface area contributed by atoms with E-state index in [9.17, 15) is 0 Å². The van der Waals surface area contributed by atoms with Crippen LogP contribution in [0.15, 0.2) is 60.7 Å². The molecule has 5 rings (SSSR count). The fourth-order valence-electron chi connectivity index (χ4n) is 3.79. The van der Waals surface area contributed by atoms with Gasteiger partial charge in [-0.25, -0.2) is 0 Å². The Morgan fingerprint density at radius 2 is 1.22 bits per heavy atom. The van der Waals surface area contributed by atoms with Crippen LogP contribution < -0.4 is 0 Å². The Labute approximate surface area is 164 Å². The molecular formula is C26H33N. The van der Waals surface area contributed by atoms with Crippen molar-refractivity contribution in [2.24, 2.45) is 7.05 Å². The molecule has 0 bridgehead atoms. The molecule has 0 fully saturated rings. The topological polar surface area (TPSA) is 4.93 Å². The fraction of sp³-hybridized carbons (Fsp3) is 0.308. The Balaban J connectivity index is 0.000000400. The van der Waals surface area contributed by atoms with Crippen molar-refractivity contribution in [3.63, 3.8) is 0 Å². The molecule has 0 saturated carbocycles. The predicted octanol–water partition coefficient (Wildman–Crippen LogP) is 7.98. The Kier molecular flexibility index (Phi) is 7.24. The third-order valence-corrected chi connectivity index (χ3v) is 4.83. The number of benzene rings is 3. The van der Waals surface area contributed by atoms with Crippen LogP contribution in [0.4, 0.5) is 0 Å². The molecule has 0 aliphatic heterocycles. The highest BCUT2D eigenvalue weighted by atomic mass is 14.9. The van der Waals surface area contributed by atoms with Crippen molar-refractivity contribution >= 4 is 21.8 Å². The molecule has 0 N–H and O–H groups in total. The monoisotopic (exact) mass is 359 g/mol. The molecule has 1 heteroatoms. The maximum absolute atomic E-state index is 2.39. The normalized spacial score (nSPS) is 10.6. The van der Waals surface area contributed by atoms with E-state index >= 15 is 0 Å². The fourth-order valence-corrected chi connectivity index (χ4v) is 3.79. The van der Waals surface area contributed by atoms with E-state index in [-0.39, 0.29) is 0 Å². The van der Waals surface area contributed by atoms with Crippen LogP contribution in [0.5, 0.6) is 0 Å². The summed E-state index contributed by atoms with van der Waals surface area (Å²) in [6, 6.07) is 22.2. The molecule has 0 radical (unpaired) electrons. The zero-order valence-electron chi connectivity index (χ0n) is 17.9. The summed E-state index contributed by atoms with van der Waals surface area (Å²) in [7, 11) is 2.17. The zero-order valence-corrected chi connectivity index (χ0v) is 17.9. The molecule has 1 aliphatic carbocycles. The number of aromatic nitrogens is 1. The van der Waals surface area contributed by atoms with Crippen LogP contribution in [0, 0.1) is 0 Å². The van der Waals surface area contributed by atoms with E-state index in [0.29, 0.717) is 0 Å². The molecule has 142 valence electrons. The number of aryl methyl sites for hydroxylation is 1. The van der Waals surface area contributed by atoms with Gasteiger partial charge in [-0.15, -0.1) is 0 Å². The molecule has 1 heterocycles. The number of hydrogen-bond donors (Lipinski definition) is 0. The van der Waals surface area contributed by atoms with Crippen LogP contribution >= 0.6 is 0 Å². The van der Waals surface area contributed by atoms with Gasteiger partial charge in [0.15, 0.2) is 0 Å². The minimum atomic E-state index is 1.06. The van der Waals surface area contributed by atoms with E-state index in [4.69, 9.17) is 0 Å². The number of nitrogens with zero attached hydrogens (tertiary/aromatic N) is 1. The van der Waals surface area contributed by atoms with Gasteiger partial charge in [0.2, 0.25) is 0 Å². The average Bonchev–Trinajstić information content (AvgIpc) is 3.27. The molecule has 0 unspecified atom stereocenters. The SMILES string of the molecule is CC.CC.CC.Cn1c2ccccc2c2cc3c(cc21)Cc1ccccc1-3. The first-order valence-corrected chi connectivity index (χ1v) is 10.4. The van der Waals surface area contributed by atoms with E-state index < -0.39 is 0 Å². The summed E-state index contributed by atoms with van der Waals surface area (Å²) in [5, 5.41) is 2.71. The van der Waals surface area contributed by atoms with Gasteiger partial charge in [0.25, 0.3) is 0 Å². The first-order valence-electron chi connectivity index (χ1n) is 10.4. The number of hydrogen-bond acceptors (Lipinski definition) is 0. The Morgan fingerprint density at radius 1 is 0.593 bits per heavy atom. The highest BCUT2D eigenvalue weighted by molar-refractivity contribution is 6.10. The quantitative estimate of drug-likeness (QED) is 0.264. The number of rotatable bonds is 0. The minimum Gasteiger partial charge on any atom is -0.344 e. The van der Waals surface area contributed by atoms with E-state index in [0.717, 1.165) is 6.42 Å². The van der Waals surface area contributed by atoms with E-state index in [1.54, 1.807) is 0 Å². The van der Waals surface area contributed by atoms with Crippen molar-refractivity contribution in [3.05, 3.63) is 71.8 Å². The summed E-state index contributed by atoms with van der Waals surface area (Å²) < 4.78 is 2.31. The van der Waals surface area contributed by atoms with Gasteiger partial charge >= 0.3 is 0 Å². The molecule has 0 saturated heterocycles. The third-order valence-electron chi connectivity index (χ3n) is 4.83. The van der Waals surface area contributed by atoms with Gasteiger partial charge in [0.1, 0.15) is 0 Å². The smallest absolute Gasteiger partial charge is 0.0492 e. The molecule has 0 atom stereocenters. The number of para-hydroxylation sites is 1. The Hall–Kier alpha value is -2.54. The predicted molar refractivity (Wildman–Crippen MR) is 123 cm³/mol. The summed E-state index contributed by atoms with van der Waals surface area (Å²) in [5.41, 5.74) is 8.37. The van der Waals surface area contributed by atoms with Gasteiger partial charge < -0.3 is 4.57 Å². The lowest BCUT2D eigenvalue weighted by molar-refractivity contribution is 1.01. The zero-order chi connectivity index (χ0) is 20.0. The third kappa shape index (κ3) is 3.51. The van der Waals surface area contributed by atoms with Crippen molar-refractivity contribution in [2.75, 3.05) is 0 Å². The summed E-state index contributed by atoms with van der Waals surface area (Å²) in [6.45, 7) is 12.0. The lowest BCUT2D eigenvalue weighted by atomic mass is 10.0. The molecular weight excluding hydrogens is 326 g/mol. The first-order chi connectivity index (χ1) is 13.3. The molecule has 1 aliphatic rings.